The van der Waals surface area contributed by atoms with E-state index in [1.54, 1.807) is 11.0 Å². The third-order valence-electron chi connectivity index (χ3n) is 4.02. The van der Waals surface area contributed by atoms with Crippen LogP contribution in [0.3, 0.4) is 0 Å². The Hall–Kier alpha value is -1.30. The smallest absolute Gasteiger partial charge is 0.241 e. The molecule has 0 spiro atoms. The quantitative estimate of drug-likeness (QED) is 0.802. The van der Waals surface area contributed by atoms with E-state index in [4.69, 9.17) is 16.3 Å². The van der Waals surface area contributed by atoms with Crippen LogP contribution in [0.1, 0.15) is 38.7 Å². The van der Waals surface area contributed by atoms with Gasteiger partial charge in [-0.3, -0.25) is 10.2 Å². The summed E-state index contributed by atoms with van der Waals surface area (Å²) in [6, 6.07) is 5.71. The molecular weight excluding hydrogens is 314 g/mol. The Bertz CT molecular complexity index is 539. The molecule has 2 N–H and O–H groups in total. The standard InChI is InChI=1S/C17H26ClN3O2/c1-4-6-14-10-15(20-19-14)17(22)21(3)11-12-9-13(18)7-8-16(12)23-5-2/h7-9,14-15,19-20H,4-6,10-11H2,1-3H3. The molecule has 2 unspecified atom stereocenters. The summed E-state index contributed by atoms with van der Waals surface area (Å²) >= 11 is 6.08. The minimum absolute atomic E-state index is 0.0820. The van der Waals surface area contributed by atoms with E-state index in [9.17, 15) is 4.79 Å². The fraction of sp³-hybridized carbons (Fsp3) is 0.588. The minimum Gasteiger partial charge on any atom is -0.494 e. The van der Waals surface area contributed by atoms with Crippen molar-refractivity contribution in [3.05, 3.63) is 28.8 Å². The number of hydrogen-bond donors (Lipinski definition) is 2. The average Bonchev–Trinajstić information content (AvgIpc) is 2.98. The van der Waals surface area contributed by atoms with Gasteiger partial charge >= 0.3 is 0 Å². The van der Waals surface area contributed by atoms with Gasteiger partial charge in [0.1, 0.15) is 11.8 Å². The van der Waals surface area contributed by atoms with Crippen LogP contribution in [0.5, 0.6) is 5.75 Å². The molecule has 0 aliphatic carbocycles. The van der Waals surface area contributed by atoms with E-state index in [1.165, 1.54) is 0 Å². The number of rotatable bonds is 7. The van der Waals surface area contributed by atoms with Crippen molar-refractivity contribution in [2.24, 2.45) is 0 Å². The van der Waals surface area contributed by atoms with Crippen molar-refractivity contribution in [2.75, 3.05) is 13.7 Å². The molecule has 23 heavy (non-hydrogen) atoms. The zero-order valence-electron chi connectivity index (χ0n) is 14.1. The van der Waals surface area contributed by atoms with Crippen LogP contribution in [-0.4, -0.2) is 36.5 Å². The van der Waals surface area contributed by atoms with Gasteiger partial charge in [0.25, 0.3) is 0 Å². The van der Waals surface area contributed by atoms with Crippen LogP contribution in [0, 0.1) is 0 Å². The number of ether oxygens (including phenoxy) is 1. The number of benzene rings is 1. The Morgan fingerprint density at radius 1 is 1.39 bits per heavy atom. The second kappa shape index (κ2) is 8.52. The number of hydrazine groups is 1. The van der Waals surface area contributed by atoms with Gasteiger partial charge in [-0.05, 0) is 38.0 Å². The van der Waals surface area contributed by atoms with Crippen LogP contribution in [-0.2, 0) is 11.3 Å². The monoisotopic (exact) mass is 339 g/mol. The van der Waals surface area contributed by atoms with Crippen LogP contribution >= 0.6 is 11.6 Å². The van der Waals surface area contributed by atoms with Crippen molar-refractivity contribution >= 4 is 17.5 Å². The lowest BCUT2D eigenvalue weighted by Gasteiger charge is -2.22. The molecule has 1 aliphatic heterocycles. The molecule has 2 rings (SSSR count). The zero-order chi connectivity index (χ0) is 16.8. The molecule has 0 aromatic heterocycles. The molecule has 5 nitrogen and oxygen atoms in total. The topological polar surface area (TPSA) is 53.6 Å². The highest BCUT2D eigenvalue weighted by Gasteiger charge is 2.30. The van der Waals surface area contributed by atoms with Crippen molar-refractivity contribution in [2.45, 2.75) is 51.7 Å². The highest BCUT2D eigenvalue weighted by atomic mass is 35.5. The Morgan fingerprint density at radius 3 is 2.87 bits per heavy atom. The van der Waals surface area contributed by atoms with E-state index in [0.717, 1.165) is 30.6 Å². The summed E-state index contributed by atoms with van der Waals surface area (Å²) in [6.07, 6.45) is 3.00. The van der Waals surface area contributed by atoms with Gasteiger partial charge in [0, 0.05) is 30.2 Å². The molecule has 6 heteroatoms. The minimum atomic E-state index is -0.175. The molecule has 0 saturated carbocycles. The molecule has 1 saturated heterocycles. The number of nitrogens with zero attached hydrogens (tertiary/aromatic N) is 1. The number of amides is 1. The Labute approximate surface area is 143 Å². The molecular formula is C17H26ClN3O2. The van der Waals surface area contributed by atoms with Gasteiger partial charge in [0.2, 0.25) is 5.91 Å². The second-order valence-corrected chi connectivity index (χ2v) is 6.38. The average molecular weight is 340 g/mol. The Morgan fingerprint density at radius 2 is 2.17 bits per heavy atom. The highest BCUT2D eigenvalue weighted by Crippen LogP contribution is 2.24. The molecule has 1 aromatic carbocycles. The van der Waals surface area contributed by atoms with Crippen LogP contribution < -0.4 is 15.6 Å². The van der Waals surface area contributed by atoms with Crippen LogP contribution in [0.15, 0.2) is 18.2 Å². The number of carbonyl (C=O) groups excluding carboxylic acids is 1. The first-order valence-corrected chi connectivity index (χ1v) is 8.60. The SMILES string of the molecule is CCCC1CC(C(=O)N(C)Cc2cc(Cl)ccc2OCC)NN1. The van der Waals surface area contributed by atoms with E-state index >= 15 is 0 Å². The van der Waals surface area contributed by atoms with Crippen LogP contribution in [0.4, 0.5) is 0 Å². The summed E-state index contributed by atoms with van der Waals surface area (Å²) < 4.78 is 5.62. The van der Waals surface area contributed by atoms with Gasteiger partial charge < -0.3 is 9.64 Å². The molecule has 1 aromatic rings. The van der Waals surface area contributed by atoms with E-state index in [-0.39, 0.29) is 11.9 Å². The maximum Gasteiger partial charge on any atom is 0.241 e. The van der Waals surface area contributed by atoms with Crippen molar-refractivity contribution in [1.82, 2.24) is 15.8 Å². The van der Waals surface area contributed by atoms with Gasteiger partial charge in [-0.2, -0.15) is 0 Å². The molecule has 0 radical (unpaired) electrons. The van der Waals surface area contributed by atoms with E-state index < -0.39 is 0 Å². The summed E-state index contributed by atoms with van der Waals surface area (Å²) in [5, 5.41) is 0.646. The summed E-state index contributed by atoms with van der Waals surface area (Å²) in [5.41, 5.74) is 7.24. The molecule has 1 amide bonds. The first-order chi connectivity index (χ1) is 11.0. The molecule has 1 heterocycles. The molecule has 1 aliphatic rings. The van der Waals surface area contributed by atoms with Crippen molar-refractivity contribution in [3.8, 4) is 5.75 Å². The first-order valence-electron chi connectivity index (χ1n) is 8.22. The van der Waals surface area contributed by atoms with E-state index in [1.807, 2.05) is 26.1 Å². The lowest BCUT2D eigenvalue weighted by molar-refractivity contribution is -0.132. The van der Waals surface area contributed by atoms with Crippen molar-refractivity contribution < 1.29 is 9.53 Å². The maximum atomic E-state index is 12.6. The molecule has 1 fully saturated rings. The summed E-state index contributed by atoms with van der Waals surface area (Å²) in [6.45, 7) is 5.15. The third kappa shape index (κ3) is 4.83. The molecule has 0 bridgehead atoms. The molecule has 2 atom stereocenters. The number of hydrogen-bond acceptors (Lipinski definition) is 4. The summed E-state index contributed by atoms with van der Waals surface area (Å²) in [4.78, 5) is 14.3. The number of halogens is 1. The first kappa shape index (κ1) is 18.0. The third-order valence-corrected chi connectivity index (χ3v) is 4.26. The lowest BCUT2D eigenvalue weighted by atomic mass is 10.1. The second-order valence-electron chi connectivity index (χ2n) is 5.94. The largest absolute Gasteiger partial charge is 0.494 e. The van der Waals surface area contributed by atoms with Crippen LogP contribution in [0.2, 0.25) is 5.02 Å². The van der Waals surface area contributed by atoms with Crippen molar-refractivity contribution in [3.63, 3.8) is 0 Å². The van der Waals surface area contributed by atoms with Gasteiger partial charge in [0.15, 0.2) is 0 Å². The predicted molar refractivity (Wildman–Crippen MR) is 92.5 cm³/mol. The van der Waals surface area contributed by atoms with Gasteiger partial charge in [-0.15, -0.1) is 0 Å². The van der Waals surface area contributed by atoms with E-state index in [0.29, 0.717) is 24.2 Å². The molecule has 128 valence electrons. The predicted octanol–water partition coefficient (Wildman–Crippen LogP) is 2.73. The normalized spacial score (nSPS) is 20.5. The van der Waals surface area contributed by atoms with E-state index in [2.05, 4.69) is 17.8 Å². The summed E-state index contributed by atoms with van der Waals surface area (Å²) in [5.74, 6) is 0.858. The van der Waals surface area contributed by atoms with Gasteiger partial charge in [0.05, 0.1) is 6.61 Å². The fourth-order valence-electron chi connectivity index (χ4n) is 2.89. The lowest BCUT2D eigenvalue weighted by Crippen LogP contribution is -2.44. The summed E-state index contributed by atoms with van der Waals surface area (Å²) in [7, 11) is 1.81. The highest BCUT2D eigenvalue weighted by molar-refractivity contribution is 6.30. The fourth-order valence-corrected chi connectivity index (χ4v) is 3.08. The number of nitrogens with one attached hydrogen (secondary N) is 2. The van der Waals surface area contributed by atoms with Gasteiger partial charge in [-0.1, -0.05) is 24.9 Å². The van der Waals surface area contributed by atoms with Gasteiger partial charge in [-0.25, -0.2) is 5.43 Å². The Kier molecular flexibility index (Phi) is 6.69. The zero-order valence-corrected chi connectivity index (χ0v) is 14.8. The number of carbonyl (C=O) groups is 1. The maximum absolute atomic E-state index is 12.6. The van der Waals surface area contributed by atoms with Crippen LogP contribution in [0.25, 0.3) is 0 Å². The Balaban J connectivity index is 2.00. The number of likely N-dealkylation sites (N-methyl/N-ethyl adjacent to an activating group) is 1. The van der Waals surface area contributed by atoms with Crippen molar-refractivity contribution in [1.29, 1.82) is 0 Å².